The molecule has 0 radical (unpaired) electrons. The average Bonchev–Trinajstić information content (AvgIpc) is 2.93. The SMILES string of the molecule is OC[C@H]1OC(n2cnc3ncnc-3c2)C[C@@H]1O. The molecule has 3 heterocycles. The summed E-state index contributed by atoms with van der Waals surface area (Å²) in [6, 6.07) is 0. The van der Waals surface area contributed by atoms with E-state index in [4.69, 9.17) is 9.84 Å². The van der Waals surface area contributed by atoms with Gasteiger partial charge in [0, 0.05) is 12.6 Å². The summed E-state index contributed by atoms with van der Waals surface area (Å²) in [6.45, 7) is -0.190. The first-order valence-corrected chi connectivity index (χ1v) is 5.36. The molecule has 2 N–H and O–H groups in total. The molecule has 0 bridgehead atoms. The molecular weight excluding hydrogens is 224 g/mol. The van der Waals surface area contributed by atoms with Crippen molar-refractivity contribution in [3.8, 4) is 11.5 Å². The van der Waals surface area contributed by atoms with Crippen LogP contribution < -0.4 is 0 Å². The Morgan fingerprint density at radius 3 is 3.06 bits per heavy atom. The lowest BCUT2D eigenvalue weighted by atomic mass is 10.2. The van der Waals surface area contributed by atoms with Crippen LogP contribution >= 0.6 is 0 Å². The highest BCUT2D eigenvalue weighted by molar-refractivity contribution is 5.47. The maximum atomic E-state index is 9.65. The van der Waals surface area contributed by atoms with E-state index in [1.54, 1.807) is 17.1 Å². The summed E-state index contributed by atoms with van der Waals surface area (Å²) in [5, 5.41) is 18.7. The zero-order valence-electron chi connectivity index (χ0n) is 8.97. The molecule has 3 rings (SSSR count). The topological polar surface area (TPSA) is 93.3 Å². The van der Waals surface area contributed by atoms with Crippen LogP contribution in [0, 0.1) is 0 Å². The summed E-state index contributed by atoms with van der Waals surface area (Å²) in [7, 11) is 0. The molecule has 0 aromatic rings. The van der Waals surface area contributed by atoms with Crippen LogP contribution in [0.15, 0.2) is 18.9 Å². The smallest absolute Gasteiger partial charge is 0.182 e. The molecule has 0 saturated carbocycles. The lowest BCUT2D eigenvalue weighted by Crippen LogP contribution is -2.24. The maximum Gasteiger partial charge on any atom is 0.182 e. The van der Waals surface area contributed by atoms with Crippen molar-refractivity contribution in [3.05, 3.63) is 18.9 Å². The minimum absolute atomic E-state index is 0.190. The molecule has 17 heavy (non-hydrogen) atoms. The van der Waals surface area contributed by atoms with Gasteiger partial charge in [-0.1, -0.05) is 0 Å². The largest absolute Gasteiger partial charge is 0.394 e. The van der Waals surface area contributed by atoms with Gasteiger partial charge < -0.3 is 19.5 Å². The van der Waals surface area contributed by atoms with E-state index in [0.29, 0.717) is 17.9 Å². The molecule has 3 aliphatic heterocycles. The number of rotatable bonds is 2. The van der Waals surface area contributed by atoms with Crippen LogP contribution in [0.1, 0.15) is 12.6 Å². The number of hydrogen-bond acceptors (Lipinski definition) is 6. The summed E-state index contributed by atoms with van der Waals surface area (Å²) in [5.41, 5.74) is 0.679. The van der Waals surface area contributed by atoms with Crippen molar-refractivity contribution in [2.45, 2.75) is 24.9 Å². The van der Waals surface area contributed by atoms with Gasteiger partial charge in [-0.05, 0) is 0 Å². The normalized spacial score (nSPS) is 28.9. The lowest BCUT2D eigenvalue weighted by Gasteiger charge is -2.15. The van der Waals surface area contributed by atoms with Crippen LogP contribution in [-0.4, -0.2) is 48.5 Å². The Morgan fingerprint density at radius 1 is 1.41 bits per heavy atom. The van der Waals surface area contributed by atoms with E-state index in [1.807, 2.05) is 0 Å². The molecule has 0 aromatic carbocycles. The van der Waals surface area contributed by atoms with E-state index >= 15 is 0 Å². The summed E-state index contributed by atoms with van der Waals surface area (Å²) < 4.78 is 7.24. The molecule has 7 heteroatoms. The first-order chi connectivity index (χ1) is 8.28. The van der Waals surface area contributed by atoms with E-state index in [-0.39, 0.29) is 12.8 Å². The second-order valence-corrected chi connectivity index (χ2v) is 4.02. The number of nitrogens with zero attached hydrogens (tertiary/aromatic N) is 4. The fraction of sp³-hybridized carbons (Fsp3) is 0.500. The monoisotopic (exact) mass is 236 g/mol. The third kappa shape index (κ3) is 1.78. The quantitative estimate of drug-likeness (QED) is 0.724. The predicted molar refractivity (Wildman–Crippen MR) is 56.1 cm³/mol. The van der Waals surface area contributed by atoms with E-state index < -0.39 is 12.2 Å². The molecule has 1 saturated heterocycles. The van der Waals surface area contributed by atoms with Crippen molar-refractivity contribution in [3.63, 3.8) is 0 Å². The van der Waals surface area contributed by atoms with Crippen molar-refractivity contribution in [2.24, 2.45) is 0 Å². The van der Waals surface area contributed by atoms with Gasteiger partial charge in [-0.15, -0.1) is 0 Å². The van der Waals surface area contributed by atoms with E-state index in [1.165, 1.54) is 6.33 Å². The second kappa shape index (κ2) is 4.02. The highest BCUT2D eigenvalue weighted by Crippen LogP contribution is 2.29. The van der Waals surface area contributed by atoms with Crippen LogP contribution in [0.3, 0.4) is 0 Å². The van der Waals surface area contributed by atoms with Crippen LogP contribution in [0.2, 0.25) is 0 Å². The number of ether oxygens (including phenoxy) is 1. The molecule has 0 spiro atoms. The van der Waals surface area contributed by atoms with E-state index in [0.717, 1.165) is 0 Å². The van der Waals surface area contributed by atoms with Gasteiger partial charge in [0.1, 0.15) is 24.4 Å². The van der Waals surface area contributed by atoms with Crippen LogP contribution in [-0.2, 0) is 4.74 Å². The molecular formula is C10H12N4O3. The van der Waals surface area contributed by atoms with Crippen LogP contribution in [0.4, 0.5) is 0 Å². The van der Waals surface area contributed by atoms with E-state index in [2.05, 4.69) is 15.0 Å². The fourth-order valence-electron chi connectivity index (χ4n) is 1.98. The van der Waals surface area contributed by atoms with Crippen molar-refractivity contribution in [1.29, 1.82) is 0 Å². The number of aromatic nitrogens is 4. The number of fused-ring (bicyclic) bond motifs is 1. The molecule has 3 atom stereocenters. The molecule has 0 aliphatic carbocycles. The Bertz CT molecular complexity index is 488. The van der Waals surface area contributed by atoms with Gasteiger partial charge in [-0.2, -0.15) is 0 Å². The van der Waals surface area contributed by atoms with Crippen molar-refractivity contribution in [2.75, 3.05) is 6.61 Å². The summed E-state index contributed by atoms with van der Waals surface area (Å²) in [5.74, 6) is 0.582. The Kier molecular flexibility index (Phi) is 2.50. The second-order valence-electron chi connectivity index (χ2n) is 4.02. The maximum absolute atomic E-state index is 9.65. The highest BCUT2D eigenvalue weighted by atomic mass is 16.5. The first kappa shape index (κ1) is 10.6. The zero-order valence-corrected chi connectivity index (χ0v) is 8.97. The van der Waals surface area contributed by atoms with Gasteiger partial charge in [0.05, 0.1) is 19.0 Å². The van der Waals surface area contributed by atoms with E-state index in [9.17, 15) is 5.11 Å². The predicted octanol–water partition coefficient (Wildman–Crippen LogP) is -0.581. The molecule has 3 aliphatic rings. The molecule has 90 valence electrons. The number of imidazole rings is 1. The van der Waals surface area contributed by atoms with Crippen molar-refractivity contribution >= 4 is 0 Å². The summed E-state index contributed by atoms with van der Waals surface area (Å²) in [4.78, 5) is 12.1. The van der Waals surface area contributed by atoms with Crippen molar-refractivity contribution < 1.29 is 14.9 Å². The third-order valence-electron chi connectivity index (χ3n) is 2.91. The minimum Gasteiger partial charge on any atom is -0.394 e. The van der Waals surface area contributed by atoms with Crippen LogP contribution in [0.5, 0.6) is 0 Å². The van der Waals surface area contributed by atoms with Gasteiger partial charge in [-0.25, -0.2) is 15.0 Å². The van der Waals surface area contributed by atoms with Crippen molar-refractivity contribution in [1.82, 2.24) is 19.5 Å². The average molecular weight is 236 g/mol. The third-order valence-corrected chi connectivity index (χ3v) is 2.91. The summed E-state index contributed by atoms with van der Waals surface area (Å²) in [6.07, 6.45) is 3.73. The zero-order chi connectivity index (χ0) is 11.8. The number of aliphatic hydroxyl groups is 2. The minimum atomic E-state index is -0.654. The molecule has 1 fully saturated rings. The molecule has 0 aromatic heterocycles. The fourth-order valence-corrected chi connectivity index (χ4v) is 1.98. The Labute approximate surface area is 97.1 Å². The summed E-state index contributed by atoms with van der Waals surface area (Å²) >= 11 is 0. The highest BCUT2D eigenvalue weighted by Gasteiger charge is 2.34. The number of aliphatic hydroxyl groups excluding tert-OH is 2. The molecule has 0 amide bonds. The Morgan fingerprint density at radius 2 is 2.29 bits per heavy atom. The molecule has 1 unspecified atom stereocenters. The number of hydrogen-bond donors (Lipinski definition) is 2. The standard InChI is InChI=1S/C10H12N4O3/c15-3-8-7(16)1-9(17-8)14-2-6-10(13-5-14)12-4-11-6/h2,4-5,7-9,15-16H,1,3H2/t7-,8+,9?/m0/s1. The van der Waals surface area contributed by atoms with Gasteiger partial charge in [0.25, 0.3) is 0 Å². The molecule has 7 nitrogen and oxygen atoms in total. The van der Waals surface area contributed by atoms with Gasteiger partial charge in [-0.3, -0.25) is 0 Å². The van der Waals surface area contributed by atoms with Gasteiger partial charge in [0.2, 0.25) is 0 Å². The van der Waals surface area contributed by atoms with Gasteiger partial charge >= 0.3 is 0 Å². The Hall–Kier alpha value is -1.57. The van der Waals surface area contributed by atoms with Gasteiger partial charge in [0.15, 0.2) is 5.82 Å². The first-order valence-electron chi connectivity index (χ1n) is 5.36. The lowest BCUT2D eigenvalue weighted by molar-refractivity contribution is -0.0448. The van der Waals surface area contributed by atoms with Crippen LogP contribution in [0.25, 0.3) is 11.5 Å². The Balaban J connectivity index is 1.87.